The summed E-state index contributed by atoms with van der Waals surface area (Å²) in [6.07, 6.45) is 0. The molecule has 0 aliphatic rings. The zero-order valence-corrected chi connectivity index (χ0v) is 10.6. The van der Waals surface area contributed by atoms with Crippen molar-refractivity contribution >= 4 is 17.8 Å². The van der Waals surface area contributed by atoms with Crippen LogP contribution in [0.5, 0.6) is 0 Å². The van der Waals surface area contributed by atoms with Crippen LogP contribution in [-0.4, -0.2) is 17.1 Å². The Balaban J connectivity index is 1.97. The maximum absolute atomic E-state index is 11.8. The molecule has 19 heavy (non-hydrogen) atoms. The SMILES string of the molecule is Cc1cccc(C(=O)NC(=O)Nc2cc(C)on2)c1. The van der Waals surface area contributed by atoms with Gasteiger partial charge >= 0.3 is 6.03 Å². The molecule has 1 heterocycles. The number of aromatic nitrogens is 1. The number of anilines is 1. The fourth-order valence-electron chi connectivity index (χ4n) is 1.53. The number of nitrogens with one attached hydrogen (secondary N) is 2. The second-order valence-electron chi connectivity index (χ2n) is 4.10. The van der Waals surface area contributed by atoms with E-state index in [4.69, 9.17) is 4.52 Å². The van der Waals surface area contributed by atoms with Gasteiger partial charge in [-0.25, -0.2) is 4.79 Å². The van der Waals surface area contributed by atoms with Crippen LogP contribution in [0.1, 0.15) is 21.7 Å². The van der Waals surface area contributed by atoms with Crippen molar-refractivity contribution < 1.29 is 14.1 Å². The number of hydrogen-bond donors (Lipinski definition) is 2. The van der Waals surface area contributed by atoms with Crippen molar-refractivity contribution in [2.45, 2.75) is 13.8 Å². The van der Waals surface area contributed by atoms with E-state index >= 15 is 0 Å². The molecule has 2 rings (SSSR count). The van der Waals surface area contributed by atoms with Gasteiger partial charge in [0, 0.05) is 11.6 Å². The minimum Gasteiger partial charge on any atom is -0.360 e. The van der Waals surface area contributed by atoms with E-state index in [1.165, 1.54) is 0 Å². The molecule has 0 radical (unpaired) electrons. The lowest BCUT2D eigenvalue weighted by Crippen LogP contribution is -2.34. The first-order valence-electron chi connectivity index (χ1n) is 5.67. The van der Waals surface area contributed by atoms with Gasteiger partial charge in [0.1, 0.15) is 5.76 Å². The molecule has 1 aromatic carbocycles. The minimum atomic E-state index is -0.653. The van der Waals surface area contributed by atoms with E-state index in [0.29, 0.717) is 11.3 Å². The molecule has 3 amide bonds. The molecule has 98 valence electrons. The van der Waals surface area contributed by atoms with Gasteiger partial charge in [-0.2, -0.15) is 0 Å². The number of amides is 3. The fourth-order valence-corrected chi connectivity index (χ4v) is 1.53. The van der Waals surface area contributed by atoms with Crippen molar-refractivity contribution in [3.8, 4) is 0 Å². The highest BCUT2D eigenvalue weighted by molar-refractivity contribution is 6.07. The van der Waals surface area contributed by atoms with Crippen LogP contribution in [-0.2, 0) is 0 Å². The first kappa shape index (κ1) is 12.8. The molecular weight excluding hydrogens is 246 g/mol. The largest absolute Gasteiger partial charge is 0.360 e. The predicted octanol–water partition coefficient (Wildman–Crippen LogP) is 2.25. The fraction of sp³-hybridized carbons (Fsp3) is 0.154. The first-order valence-corrected chi connectivity index (χ1v) is 5.67. The van der Waals surface area contributed by atoms with Crippen LogP contribution in [0.2, 0.25) is 0 Å². The number of imide groups is 1. The van der Waals surface area contributed by atoms with E-state index in [1.54, 1.807) is 31.2 Å². The Kier molecular flexibility index (Phi) is 3.61. The predicted molar refractivity (Wildman–Crippen MR) is 68.9 cm³/mol. The van der Waals surface area contributed by atoms with Crippen molar-refractivity contribution in [3.63, 3.8) is 0 Å². The van der Waals surface area contributed by atoms with E-state index in [2.05, 4.69) is 15.8 Å². The molecule has 0 saturated heterocycles. The molecule has 0 atom stereocenters. The normalized spacial score (nSPS) is 10.0. The van der Waals surface area contributed by atoms with Crippen molar-refractivity contribution in [3.05, 3.63) is 47.2 Å². The highest BCUT2D eigenvalue weighted by Crippen LogP contribution is 2.07. The van der Waals surface area contributed by atoms with Crippen LogP contribution in [0.25, 0.3) is 0 Å². The third-order valence-corrected chi connectivity index (χ3v) is 2.38. The van der Waals surface area contributed by atoms with Gasteiger partial charge in [-0.05, 0) is 26.0 Å². The molecule has 0 fully saturated rings. The zero-order valence-electron chi connectivity index (χ0n) is 10.6. The van der Waals surface area contributed by atoms with Crippen LogP contribution in [0.4, 0.5) is 10.6 Å². The molecular formula is C13H13N3O3. The molecule has 2 N–H and O–H groups in total. The molecule has 0 spiro atoms. The maximum atomic E-state index is 11.8. The Morgan fingerprint density at radius 1 is 1.21 bits per heavy atom. The first-order chi connectivity index (χ1) is 9.04. The number of aryl methyl sites for hydroxylation is 2. The van der Waals surface area contributed by atoms with Crippen molar-refractivity contribution in [2.24, 2.45) is 0 Å². The summed E-state index contributed by atoms with van der Waals surface area (Å²) in [5, 5.41) is 8.20. The summed E-state index contributed by atoms with van der Waals surface area (Å²) in [6, 6.07) is 7.85. The molecule has 0 bridgehead atoms. The third-order valence-electron chi connectivity index (χ3n) is 2.38. The van der Waals surface area contributed by atoms with Crippen LogP contribution < -0.4 is 10.6 Å². The zero-order chi connectivity index (χ0) is 13.8. The number of carbonyl (C=O) groups excluding carboxylic acids is 2. The van der Waals surface area contributed by atoms with Gasteiger partial charge in [0.05, 0.1) is 0 Å². The second kappa shape index (κ2) is 5.34. The molecule has 0 aliphatic carbocycles. The van der Waals surface area contributed by atoms with Gasteiger partial charge in [-0.1, -0.05) is 22.9 Å². The number of nitrogens with zero attached hydrogens (tertiary/aromatic N) is 1. The molecule has 6 nitrogen and oxygen atoms in total. The third kappa shape index (κ3) is 3.41. The summed E-state index contributed by atoms with van der Waals surface area (Å²) in [5.41, 5.74) is 1.37. The van der Waals surface area contributed by atoms with Gasteiger partial charge in [0.2, 0.25) is 0 Å². The molecule has 0 aliphatic heterocycles. The Morgan fingerprint density at radius 3 is 2.63 bits per heavy atom. The number of benzene rings is 1. The molecule has 0 unspecified atom stereocenters. The summed E-state index contributed by atoms with van der Waals surface area (Å²) in [6.45, 7) is 3.57. The molecule has 6 heteroatoms. The standard InChI is InChI=1S/C13H13N3O3/c1-8-4-3-5-10(6-8)12(17)15-13(18)14-11-7-9(2)19-16-11/h3-7H,1-2H3,(H2,14,15,16,17,18). The number of hydrogen-bond acceptors (Lipinski definition) is 4. The topological polar surface area (TPSA) is 84.2 Å². The van der Waals surface area contributed by atoms with E-state index in [9.17, 15) is 9.59 Å². The van der Waals surface area contributed by atoms with Crippen molar-refractivity contribution in [1.82, 2.24) is 10.5 Å². The second-order valence-corrected chi connectivity index (χ2v) is 4.10. The molecule has 0 saturated carbocycles. The summed E-state index contributed by atoms with van der Waals surface area (Å²) in [5.74, 6) is 0.355. The molecule has 1 aromatic heterocycles. The lowest BCUT2D eigenvalue weighted by Gasteiger charge is -2.04. The van der Waals surface area contributed by atoms with Gasteiger partial charge in [-0.3, -0.25) is 15.4 Å². The van der Waals surface area contributed by atoms with Crippen molar-refractivity contribution in [2.75, 3.05) is 5.32 Å². The number of carbonyl (C=O) groups is 2. The lowest BCUT2D eigenvalue weighted by molar-refractivity contribution is 0.0967. The minimum absolute atomic E-state index is 0.257. The Hall–Kier alpha value is -2.63. The molecule has 2 aromatic rings. The smallest absolute Gasteiger partial charge is 0.327 e. The van der Waals surface area contributed by atoms with Gasteiger partial charge < -0.3 is 4.52 Å². The lowest BCUT2D eigenvalue weighted by atomic mass is 10.1. The van der Waals surface area contributed by atoms with Crippen LogP contribution in [0, 0.1) is 13.8 Å². The van der Waals surface area contributed by atoms with Crippen LogP contribution in [0.15, 0.2) is 34.9 Å². The number of rotatable bonds is 2. The van der Waals surface area contributed by atoms with E-state index in [-0.39, 0.29) is 5.82 Å². The number of urea groups is 1. The Bertz CT molecular complexity index is 619. The highest BCUT2D eigenvalue weighted by atomic mass is 16.5. The maximum Gasteiger partial charge on any atom is 0.327 e. The van der Waals surface area contributed by atoms with E-state index in [1.807, 2.05) is 13.0 Å². The average molecular weight is 259 g/mol. The monoisotopic (exact) mass is 259 g/mol. The Labute approximate surface area is 109 Å². The van der Waals surface area contributed by atoms with Crippen molar-refractivity contribution in [1.29, 1.82) is 0 Å². The average Bonchev–Trinajstić information content (AvgIpc) is 2.74. The highest BCUT2D eigenvalue weighted by Gasteiger charge is 2.11. The summed E-state index contributed by atoms with van der Waals surface area (Å²) < 4.78 is 4.79. The van der Waals surface area contributed by atoms with E-state index < -0.39 is 11.9 Å². The summed E-state index contributed by atoms with van der Waals surface area (Å²) >= 11 is 0. The quantitative estimate of drug-likeness (QED) is 0.866. The summed E-state index contributed by atoms with van der Waals surface area (Å²) in [4.78, 5) is 23.4. The van der Waals surface area contributed by atoms with Gasteiger partial charge in [-0.15, -0.1) is 0 Å². The van der Waals surface area contributed by atoms with Gasteiger partial charge in [0.15, 0.2) is 5.82 Å². The van der Waals surface area contributed by atoms with Gasteiger partial charge in [0.25, 0.3) is 5.91 Å². The van der Waals surface area contributed by atoms with E-state index in [0.717, 1.165) is 5.56 Å². The Morgan fingerprint density at radius 2 is 2.00 bits per heavy atom. The van der Waals surface area contributed by atoms with Crippen LogP contribution >= 0.6 is 0 Å². The van der Waals surface area contributed by atoms with Crippen LogP contribution in [0.3, 0.4) is 0 Å². The summed E-state index contributed by atoms with van der Waals surface area (Å²) in [7, 11) is 0.